The monoisotopic (exact) mass is 500 g/mol. The normalized spacial score (nSPS) is 26.0. The fourth-order valence-electron chi connectivity index (χ4n) is 3.11. The highest BCUT2D eigenvalue weighted by molar-refractivity contribution is 7.99. The van der Waals surface area contributed by atoms with E-state index in [0.29, 0.717) is 25.8 Å². The van der Waals surface area contributed by atoms with Gasteiger partial charge in [-0.05, 0) is 6.07 Å². The molecule has 3 unspecified atom stereocenters. The Morgan fingerprint density at radius 3 is 2.77 bits per heavy atom. The van der Waals surface area contributed by atoms with Crippen LogP contribution in [0.4, 0.5) is 0 Å². The number of rotatable bonds is 5. The zero-order chi connectivity index (χ0) is 22.1. The van der Waals surface area contributed by atoms with Gasteiger partial charge < -0.3 is 20.1 Å². The topological polar surface area (TPSA) is 150 Å². The summed E-state index contributed by atoms with van der Waals surface area (Å²) in [4.78, 5) is 8.49. The van der Waals surface area contributed by atoms with Crippen LogP contribution < -0.4 is 0 Å². The van der Waals surface area contributed by atoms with Crippen molar-refractivity contribution in [2.24, 2.45) is 0 Å². The van der Waals surface area contributed by atoms with E-state index >= 15 is 0 Å². The van der Waals surface area contributed by atoms with E-state index in [2.05, 4.69) is 20.3 Å². The lowest BCUT2D eigenvalue weighted by atomic mass is 9.97. The maximum absolute atomic E-state index is 11.0. The molecule has 1 aliphatic rings. The van der Waals surface area contributed by atoms with E-state index in [9.17, 15) is 20.6 Å². The summed E-state index contributed by atoms with van der Waals surface area (Å²) in [6, 6.07) is 2.50. The standard InChI is InChI=1S/C17H14Cl2N6O4S2/c18-7-1-12(8(2-20)21-3-7)31-16-15(28)13(14(27)11(5-26)29-16)25-4-9(23-24-25)10-6-30-17(19)22-10/h1,3-4,6,11,13-16,26-28H,5H2/t11?,13?,14-,15?,16+/m0/s1. The van der Waals surface area contributed by atoms with Gasteiger partial charge >= 0.3 is 0 Å². The number of pyridine rings is 1. The van der Waals surface area contributed by atoms with E-state index in [0.717, 1.165) is 11.8 Å². The Bertz CT molecular complexity index is 1120. The predicted molar refractivity (Wildman–Crippen MR) is 113 cm³/mol. The first-order valence-corrected chi connectivity index (χ1v) is 11.3. The van der Waals surface area contributed by atoms with E-state index in [-0.39, 0.29) is 5.69 Å². The fourth-order valence-corrected chi connectivity index (χ4v) is 5.24. The molecule has 31 heavy (non-hydrogen) atoms. The van der Waals surface area contributed by atoms with Crippen LogP contribution in [-0.4, -0.2) is 70.6 Å². The molecule has 4 heterocycles. The first kappa shape index (κ1) is 22.4. The van der Waals surface area contributed by atoms with Crippen molar-refractivity contribution >= 4 is 46.3 Å². The smallest absolute Gasteiger partial charge is 0.184 e. The first-order chi connectivity index (χ1) is 14.9. The Labute approximate surface area is 194 Å². The number of aromatic nitrogens is 5. The zero-order valence-electron chi connectivity index (χ0n) is 15.4. The maximum Gasteiger partial charge on any atom is 0.184 e. The molecular formula is C17H14Cl2N6O4S2. The number of thiazole rings is 1. The summed E-state index contributed by atoms with van der Waals surface area (Å²) in [5.74, 6) is 0. The highest BCUT2D eigenvalue weighted by atomic mass is 35.5. The van der Waals surface area contributed by atoms with Crippen molar-refractivity contribution in [2.75, 3.05) is 6.61 Å². The Kier molecular flexibility index (Phi) is 6.75. The highest BCUT2D eigenvalue weighted by Crippen LogP contribution is 2.39. The third kappa shape index (κ3) is 4.55. The molecule has 0 aromatic carbocycles. The first-order valence-electron chi connectivity index (χ1n) is 8.79. The van der Waals surface area contributed by atoms with Crippen LogP contribution in [0.25, 0.3) is 11.4 Å². The molecule has 0 bridgehead atoms. The van der Waals surface area contributed by atoms with Crippen LogP contribution in [0.5, 0.6) is 0 Å². The van der Waals surface area contributed by atoms with Crippen LogP contribution in [0.1, 0.15) is 11.7 Å². The van der Waals surface area contributed by atoms with Crippen molar-refractivity contribution in [1.82, 2.24) is 25.0 Å². The second-order valence-corrected chi connectivity index (χ2v) is 9.51. The zero-order valence-corrected chi connectivity index (χ0v) is 18.6. The third-order valence-corrected chi connectivity index (χ3v) is 6.94. The van der Waals surface area contributed by atoms with Crippen molar-refractivity contribution < 1.29 is 20.1 Å². The van der Waals surface area contributed by atoms with Crippen molar-refractivity contribution in [3.05, 3.63) is 39.0 Å². The number of hydrogen-bond donors (Lipinski definition) is 3. The van der Waals surface area contributed by atoms with Gasteiger partial charge in [-0.2, -0.15) is 5.26 Å². The van der Waals surface area contributed by atoms with Crippen LogP contribution >= 0.6 is 46.3 Å². The summed E-state index contributed by atoms with van der Waals surface area (Å²) in [5.41, 5.74) is 0.0614. The molecule has 0 aliphatic carbocycles. The van der Waals surface area contributed by atoms with Crippen LogP contribution in [-0.2, 0) is 4.74 Å². The number of nitriles is 1. The molecule has 0 radical (unpaired) electrons. The second-order valence-electron chi connectivity index (χ2n) is 6.50. The number of aliphatic hydroxyl groups excluding tert-OH is 3. The van der Waals surface area contributed by atoms with Crippen molar-refractivity contribution in [3.63, 3.8) is 0 Å². The molecule has 0 saturated carbocycles. The number of halogens is 2. The summed E-state index contributed by atoms with van der Waals surface area (Å²) >= 11 is 14.1. The van der Waals surface area contributed by atoms with Crippen LogP contribution in [0.3, 0.4) is 0 Å². The Morgan fingerprint density at radius 2 is 2.10 bits per heavy atom. The lowest BCUT2D eigenvalue weighted by Crippen LogP contribution is -2.55. The molecule has 1 saturated heterocycles. The molecule has 162 valence electrons. The fraction of sp³-hybridized carbons (Fsp3) is 0.353. The maximum atomic E-state index is 11.0. The molecule has 3 aromatic rings. The summed E-state index contributed by atoms with van der Waals surface area (Å²) < 4.78 is 7.34. The second kappa shape index (κ2) is 9.35. The molecule has 0 amide bonds. The van der Waals surface area contributed by atoms with Gasteiger partial charge in [0.05, 0.1) is 17.8 Å². The van der Waals surface area contributed by atoms with E-state index in [1.165, 1.54) is 34.5 Å². The summed E-state index contributed by atoms with van der Waals surface area (Å²) in [5, 5.41) is 50.8. The van der Waals surface area contributed by atoms with Gasteiger partial charge in [-0.1, -0.05) is 40.2 Å². The van der Waals surface area contributed by atoms with Crippen LogP contribution in [0.2, 0.25) is 9.49 Å². The van der Waals surface area contributed by atoms with Gasteiger partial charge in [-0.3, -0.25) is 0 Å². The number of ether oxygens (including phenoxy) is 1. The molecule has 4 rings (SSSR count). The van der Waals surface area contributed by atoms with Crippen molar-refractivity contribution in [3.8, 4) is 17.5 Å². The average molecular weight is 501 g/mol. The van der Waals surface area contributed by atoms with Gasteiger partial charge in [0.2, 0.25) is 0 Å². The molecule has 14 heteroatoms. The van der Waals surface area contributed by atoms with E-state index in [1.807, 2.05) is 6.07 Å². The molecule has 0 spiro atoms. The van der Waals surface area contributed by atoms with Gasteiger partial charge in [0.25, 0.3) is 0 Å². The van der Waals surface area contributed by atoms with Crippen LogP contribution in [0, 0.1) is 11.3 Å². The third-order valence-electron chi connectivity index (χ3n) is 4.57. The molecule has 3 N–H and O–H groups in total. The SMILES string of the molecule is N#Cc1ncc(Cl)cc1S[C@H]1OC(CO)[C@H](O)C(n2cc(-c3csc(Cl)n3)nn2)C1O. The minimum atomic E-state index is -1.28. The Balaban J connectivity index is 1.64. The molecule has 5 atom stereocenters. The largest absolute Gasteiger partial charge is 0.394 e. The van der Waals surface area contributed by atoms with E-state index < -0.39 is 36.4 Å². The summed E-state index contributed by atoms with van der Waals surface area (Å²) in [6.45, 7) is -0.496. The highest BCUT2D eigenvalue weighted by Gasteiger charge is 2.46. The number of nitrogens with zero attached hydrogens (tertiary/aromatic N) is 6. The predicted octanol–water partition coefficient (Wildman–Crippen LogP) is 1.75. The van der Waals surface area contributed by atoms with Gasteiger partial charge in [0.1, 0.15) is 47.2 Å². The lowest BCUT2D eigenvalue weighted by Gasteiger charge is -2.41. The number of hydrogen-bond acceptors (Lipinski definition) is 11. The molecular weight excluding hydrogens is 487 g/mol. The minimum absolute atomic E-state index is 0.108. The van der Waals surface area contributed by atoms with Gasteiger partial charge in [0, 0.05) is 16.5 Å². The average Bonchev–Trinajstić information content (AvgIpc) is 3.39. The van der Waals surface area contributed by atoms with Gasteiger partial charge in [-0.25, -0.2) is 14.6 Å². The van der Waals surface area contributed by atoms with Gasteiger partial charge in [0.15, 0.2) is 10.2 Å². The number of thioether (sulfide) groups is 1. The lowest BCUT2D eigenvalue weighted by molar-refractivity contribution is -0.178. The van der Waals surface area contributed by atoms with Crippen molar-refractivity contribution in [2.45, 2.75) is 34.7 Å². The Hall–Kier alpha value is -1.82. The quantitative estimate of drug-likeness (QED) is 0.472. The van der Waals surface area contributed by atoms with Crippen LogP contribution in [0.15, 0.2) is 28.7 Å². The van der Waals surface area contributed by atoms with E-state index in [4.69, 9.17) is 27.9 Å². The van der Waals surface area contributed by atoms with Crippen molar-refractivity contribution in [1.29, 1.82) is 5.26 Å². The minimum Gasteiger partial charge on any atom is -0.394 e. The van der Waals surface area contributed by atoms with Gasteiger partial charge in [-0.15, -0.1) is 16.4 Å². The molecule has 3 aromatic heterocycles. The number of aliphatic hydroxyl groups is 3. The molecule has 1 aliphatic heterocycles. The van der Waals surface area contributed by atoms with E-state index in [1.54, 1.807) is 5.38 Å². The summed E-state index contributed by atoms with van der Waals surface area (Å²) in [6.07, 6.45) is -0.705. The molecule has 1 fully saturated rings. The molecule has 10 nitrogen and oxygen atoms in total. The Morgan fingerprint density at radius 1 is 1.29 bits per heavy atom. The summed E-state index contributed by atoms with van der Waals surface area (Å²) in [7, 11) is 0.